The van der Waals surface area contributed by atoms with Crippen LogP contribution >= 0.6 is 23.2 Å². The van der Waals surface area contributed by atoms with Gasteiger partial charge in [0.05, 0.1) is 6.73 Å². The van der Waals surface area contributed by atoms with Gasteiger partial charge in [0.25, 0.3) is 0 Å². The molecule has 0 aliphatic carbocycles. The first-order chi connectivity index (χ1) is 6.68. The average Bonchev–Trinajstić information content (AvgIpc) is 2.52. The minimum atomic E-state index is 0.0276. The molecule has 1 heterocycles. The standard InChI is InChI=1S/C10H11Cl2NO/c1-6-10(14-5-13-6)8-3-2-7(11)4-9(8)12/h2-4,6,10,13H,5H2,1H3. The van der Waals surface area contributed by atoms with Gasteiger partial charge in [0.1, 0.15) is 6.10 Å². The van der Waals surface area contributed by atoms with Crippen LogP contribution in [0.2, 0.25) is 10.0 Å². The lowest BCUT2D eigenvalue weighted by atomic mass is 10.0. The second-order valence-corrected chi connectivity index (χ2v) is 4.23. The van der Waals surface area contributed by atoms with Crippen molar-refractivity contribution < 1.29 is 4.74 Å². The van der Waals surface area contributed by atoms with Crippen LogP contribution in [0.4, 0.5) is 0 Å². The van der Waals surface area contributed by atoms with Gasteiger partial charge in [-0.1, -0.05) is 29.3 Å². The molecule has 1 N–H and O–H groups in total. The maximum absolute atomic E-state index is 6.08. The normalized spacial score (nSPS) is 26.8. The summed E-state index contributed by atoms with van der Waals surface area (Å²) in [5.41, 5.74) is 0.994. The minimum Gasteiger partial charge on any atom is -0.357 e. The highest BCUT2D eigenvalue weighted by molar-refractivity contribution is 6.35. The van der Waals surface area contributed by atoms with E-state index in [4.69, 9.17) is 27.9 Å². The Bertz CT molecular complexity index is 343. The Balaban J connectivity index is 2.31. The molecule has 0 aromatic heterocycles. The average molecular weight is 232 g/mol. The van der Waals surface area contributed by atoms with Crippen LogP contribution in [0.3, 0.4) is 0 Å². The van der Waals surface area contributed by atoms with Crippen molar-refractivity contribution >= 4 is 23.2 Å². The zero-order chi connectivity index (χ0) is 10.1. The maximum Gasteiger partial charge on any atom is 0.101 e. The van der Waals surface area contributed by atoms with Gasteiger partial charge in [-0.2, -0.15) is 0 Å². The Morgan fingerprint density at radius 1 is 1.43 bits per heavy atom. The SMILES string of the molecule is CC1NCOC1c1ccc(Cl)cc1Cl. The van der Waals surface area contributed by atoms with Crippen molar-refractivity contribution in [2.24, 2.45) is 0 Å². The van der Waals surface area contributed by atoms with Crippen molar-refractivity contribution in [1.82, 2.24) is 5.32 Å². The summed E-state index contributed by atoms with van der Waals surface area (Å²) in [6, 6.07) is 5.77. The Morgan fingerprint density at radius 3 is 2.79 bits per heavy atom. The fraction of sp³-hybridized carbons (Fsp3) is 0.400. The predicted molar refractivity (Wildman–Crippen MR) is 57.8 cm³/mol. The van der Waals surface area contributed by atoms with Gasteiger partial charge in [-0.25, -0.2) is 0 Å². The highest BCUT2D eigenvalue weighted by Crippen LogP contribution is 2.32. The molecule has 14 heavy (non-hydrogen) atoms. The van der Waals surface area contributed by atoms with Crippen molar-refractivity contribution in [3.63, 3.8) is 0 Å². The van der Waals surface area contributed by atoms with E-state index in [1.54, 1.807) is 6.07 Å². The van der Waals surface area contributed by atoms with E-state index in [0.717, 1.165) is 5.56 Å². The van der Waals surface area contributed by atoms with Crippen molar-refractivity contribution in [2.75, 3.05) is 6.73 Å². The molecule has 2 unspecified atom stereocenters. The quantitative estimate of drug-likeness (QED) is 0.803. The highest BCUT2D eigenvalue weighted by Gasteiger charge is 2.26. The molecule has 0 spiro atoms. The summed E-state index contributed by atoms with van der Waals surface area (Å²) in [4.78, 5) is 0. The second kappa shape index (κ2) is 4.07. The monoisotopic (exact) mass is 231 g/mol. The third-order valence-electron chi connectivity index (χ3n) is 2.39. The molecule has 2 atom stereocenters. The first kappa shape index (κ1) is 10.2. The van der Waals surface area contributed by atoms with Crippen LogP contribution in [0.1, 0.15) is 18.6 Å². The Morgan fingerprint density at radius 2 is 2.21 bits per heavy atom. The van der Waals surface area contributed by atoms with Crippen LogP contribution in [0.15, 0.2) is 18.2 Å². The molecule has 2 rings (SSSR count). The van der Waals surface area contributed by atoms with Gasteiger partial charge in [0.15, 0.2) is 0 Å². The molecule has 0 bridgehead atoms. The summed E-state index contributed by atoms with van der Waals surface area (Å²) in [7, 11) is 0. The van der Waals surface area contributed by atoms with E-state index in [-0.39, 0.29) is 12.1 Å². The van der Waals surface area contributed by atoms with Crippen LogP contribution in [0, 0.1) is 0 Å². The second-order valence-electron chi connectivity index (χ2n) is 3.39. The molecular weight excluding hydrogens is 221 g/mol. The third kappa shape index (κ3) is 1.89. The van der Waals surface area contributed by atoms with Crippen LogP contribution in [-0.4, -0.2) is 12.8 Å². The summed E-state index contributed by atoms with van der Waals surface area (Å²) in [6.45, 7) is 2.65. The number of hydrogen-bond donors (Lipinski definition) is 1. The Kier molecular flexibility index (Phi) is 2.98. The van der Waals surface area contributed by atoms with Crippen LogP contribution < -0.4 is 5.32 Å². The van der Waals surface area contributed by atoms with Gasteiger partial charge < -0.3 is 4.74 Å². The van der Waals surface area contributed by atoms with E-state index in [2.05, 4.69) is 12.2 Å². The van der Waals surface area contributed by atoms with Gasteiger partial charge >= 0.3 is 0 Å². The number of rotatable bonds is 1. The maximum atomic E-state index is 6.08. The van der Waals surface area contributed by atoms with Crippen LogP contribution in [0.25, 0.3) is 0 Å². The number of halogens is 2. The molecule has 76 valence electrons. The lowest BCUT2D eigenvalue weighted by Crippen LogP contribution is -2.21. The molecule has 1 saturated heterocycles. The first-order valence-corrected chi connectivity index (χ1v) is 5.24. The lowest BCUT2D eigenvalue weighted by Gasteiger charge is -2.15. The molecular formula is C10H11Cl2NO. The minimum absolute atomic E-state index is 0.0276. The smallest absolute Gasteiger partial charge is 0.101 e. The molecule has 0 saturated carbocycles. The molecule has 2 nitrogen and oxygen atoms in total. The van der Waals surface area contributed by atoms with Crippen molar-refractivity contribution in [2.45, 2.75) is 19.1 Å². The lowest BCUT2D eigenvalue weighted by molar-refractivity contribution is 0.105. The van der Waals surface area contributed by atoms with E-state index >= 15 is 0 Å². The molecule has 1 aromatic carbocycles. The summed E-state index contributed by atoms with van der Waals surface area (Å²) in [6.07, 6.45) is 0.0276. The number of ether oxygens (including phenoxy) is 1. The molecule has 1 fully saturated rings. The Labute approximate surface area is 93.2 Å². The van der Waals surface area contributed by atoms with E-state index in [0.29, 0.717) is 16.8 Å². The molecule has 0 amide bonds. The van der Waals surface area contributed by atoms with Crippen LogP contribution in [0.5, 0.6) is 0 Å². The van der Waals surface area contributed by atoms with Gasteiger partial charge in [-0.05, 0) is 19.1 Å². The van der Waals surface area contributed by atoms with Gasteiger partial charge in [-0.3, -0.25) is 5.32 Å². The van der Waals surface area contributed by atoms with Crippen LogP contribution in [-0.2, 0) is 4.74 Å². The summed E-state index contributed by atoms with van der Waals surface area (Å²) >= 11 is 11.9. The first-order valence-electron chi connectivity index (χ1n) is 4.48. The zero-order valence-electron chi connectivity index (χ0n) is 7.76. The van der Waals surface area contributed by atoms with E-state index < -0.39 is 0 Å². The van der Waals surface area contributed by atoms with Gasteiger partial charge in [0, 0.05) is 21.7 Å². The van der Waals surface area contributed by atoms with Gasteiger partial charge in [-0.15, -0.1) is 0 Å². The Hall–Kier alpha value is -0.280. The fourth-order valence-electron chi connectivity index (χ4n) is 1.61. The molecule has 1 aliphatic heterocycles. The van der Waals surface area contributed by atoms with E-state index in [1.807, 2.05) is 12.1 Å². The molecule has 0 radical (unpaired) electrons. The topological polar surface area (TPSA) is 21.3 Å². The molecule has 1 aliphatic rings. The third-order valence-corrected chi connectivity index (χ3v) is 2.95. The predicted octanol–water partition coefficient (Wildman–Crippen LogP) is 3.00. The van der Waals surface area contributed by atoms with Crippen molar-refractivity contribution in [3.8, 4) is 0 Å². The number of hydrogen-bond acceptors (Lipinski definition) is 2. The summed E-state index contributed by atoms with van der Waals surface area (Å²) in [5, 5.41) is 4.51. The fourth-order valence-corrected chi connectivity index (χ4v) is 2.13. The zero-order valence-corrected chi connectivity index (χ0v) is 9.27. The highest BCUT2D eigenvalue weighted by atomic mass is 35.5. The number of benzene rings is 1. The molecule has 4 heteroatoms. The number of nitrogens with one attached hydrogen (secondary N) is 1. The molecule has 1 aromatic rings. The summed E-state index contributed by atoms with van der Waals surface area (Å²) < 4.78 is 5.53. The summed E-state index contributed by atoms with van der Waals surface area (Å²) in [5.74, 6) is 0. The van der Waals surface area contributed by atoms with E-state index in [1.165, 1.54) is 0 Å². The van der Waals surface area contributed by atoms with Gasteiger partial charge in [0.2, 0.25) is 0 Å². The van der Waals surface area contributed by atoms with Crippen molar-refractivity contribution in [1.29, 1.82) is 0 Å². The van der Waals surface area contributed by atoms with Crippen molar-refractivity contribution in [3.05, 3.63) is 33.8 Å². The largest absolute Gasteiger partial charge is 0.357 e. The van der Waals surface area contributed by atoms with E-state index in [9.17, 15) is 0 Å².